The summed E-state index contributed by atoms with van der Waals surface area (Å²) in [6.07, 6.45) is 3.70. The largest absolute Gasteiger partial charge is 0.336 e. The highest BCUT2D eigenvalue weighted by Crippen LogP contribution is 2.21. The Balaban J connectivity index is 2.13. The molecule has 4 heteroatoms. The van der Waals surface area contributed by atoms with E-state index in [1.165, 1.54) is 11.3 Å². The third-order valence-electron chi connectivity index (χ3n) is 3.16. The van der Waals surface area contributed by atoms with E-state index in [2.05, 4.69) is 17.1 Å². The molecule has 4 nitrogen and oxygen atoms in total. The highest BCUT2D eigenvalue weighted by atomic mass is 16.2. The Hall–Kier alpha value is -1.32. The van der Waals surface area contributed by atoms with Crippen LogP contribution in [0.4, 0.5) is 0 Å². The minimum absolute atomic E-state index is 0.234. The number of amides is 1. The molecule has 0 saturated heterocycles. The Labute approximate surface area is 96.0 Å². The molecule has 1 aromatic rings. The number of fused-ring (bicyclic) bond motifs is 1. The van der Waals surface area contributed by atoms with Crippen LogP contribution in [0.25, 0.3) is 0 Å². The number of rotatable bonds is 3. The summed E-state index contributed by atoms with van der Waals surface area (Å²) >= 11 is 0. The number of H-pyrrole nitrogens is 1. The lowest BCUT2D eigenvalue weighted by Crippen LogP contribution is -2.35. The molecule has 0 fully saturated rings. The number of aryl methyl sites for hydroxylation is 1. The monoisotopic (exact) mass is 221 g/mol. The van der Waals surface area contributed by atoms with Crippen LogP contribution in [0, 0.1) is 0 Å². The summed E-state index contributed by atoms with van der Waals surface area (Å²) in [6.45, 7) is 5.62. The minimum Gasteiger partial charge on any atom is -0.336 e. The fourth-order valence-electron chi connectivity index (χ4n) is 2.27. The van der Waals surface area contributed by atoms with Gasteiger partial charge in [0.2, 0.25) is 5.91 Å². The summed E-state index contributed by atoms with van der Waals surface area (Å²) in [4.78, 5) is 13.5. The summed E-state index contributed by atoms with van der Waals surface area (Å²) in [5.74, 6) is 0.234. The van der Waals surface area contributed by atoms with E-state index in [0.29, 0.717) is 13.0 Å². The molecule has 0 spiro atoms. The number of nitrogens with zero attached hydrogens (tertiary/aromatic N) is 2. The third-order valence-corrected chi connectivity index (χ3v) is 3.16. The van der Waals surface area contributed by atoms with Gasteiger partial charge in [0, 0.05) is 13.0 Å². The average Bonchev–Trinajstić information content (AvgIpc) is 2.71. The predicted octanol–water partition coefficient (Wildman–Crippen LogP) is 1.66. The van der Waals surface area contributed by atoms with Gasteiger partial charge in [-0.15, -0.1) is 0 Å². The van der Waals surface area contributed by atoms with E-state index in [1.54, 1.807) is 0 Å². The molecule has 0 saturated carbocycles. The van der Waals surface area contributed by atoms with Crippen molar-refractivity contribution < 1.29 is 4.79 Å². The molecule has 88 valence electrons. The van der Waals surface area contributed by atoms with Crippen LogP contribution in [0.1, 0.15) is 43.6 Å². The van der Waals surface area contributed by atoms with Crippen molar-refractivity contribution in [3.05, 3.63) is 17.0 Å². The predicted molar refractivity (Wildman–Crippen MR) is 62.0 cm³/mol. The molecule has 1 aromatic heterocycles. The normalized spacial score (nSPS) is 15.0. The van der Waals surface area contributed by atoms with Gasteiger partial charge in [-0.3, -0.25) is 9.89 Å². The molecular formula is C12H19N3O. The highest BCUT2D eigenvalue weighted by molar-refractivity contribution is 5.76. The van der Waals surface area contributed by atoms with Gasteiger partial charge < -0.3 is 4.90 Å². The summed E-state index contributed by atoms with van der Waals surface area (Å²) in [7, 11) is 0. The van der Waals surface area contributed by atoms with Crippen molar-refractivity contribution in [3.63, 3.8) is 0 Å². The second-order valence-corrected chi connectivity index (χ2v) is 4.30. The first-order valence-electron chi connectivity index (χ1n) is 6.09. The van der Waals surface area contributed by atoms with Crippen LogP contribution in [0.2, 0.25) is 0 Å². The molecule has 0 aliphatic carbocycles. The van der Waals surface area contributed by atoms with Gasteiger partial charge >= 0.3 is 0 Å². The smallest absolute Gasteiger partial charge is 0.222 e. The van der Waals surface area contributed by atoms with Crippen LogP contribution >= 0.6 is 0 Å². The molecule has 0 aromatic carbocycles. The summed E-state index contributed by atoms with van der Waals surface area (Å²) in [5, 5.41) is 7.42. The van der Waals surface area contributed by atoms with Crippen molar-refractivity contribution in [1.82, 2.24) is 15.1 Å². The maximum Gasteiger partial charge on any atom is 0.222 e. The lowest BCUT2D eigenvalue weighted by molar-refractivity contribution is -0.131. The van der Waals surface area contributed by atoms with Crippen molar-refractivity contribution in [2.45, 2.75) is 46.1 Å². The zero-order valence-electron chi connectivity index (χ0n) is 10.0. The average molecular weight is 221 g/mol. The Kier molecular flexibility index (Phi) is 3.27. The van der Waals surface area contributed by atoms with Crippen molar-refractivity contribution in [3.8, 4) is 0 Å². The van der Waals surface area contributed by atoms with Gasteiger partial charge in [0.1, 0.15) is 0 Å². The van der Waals surface area contributed by atoms with Gasteiger partial charge in [-0.2, -0.15) is 5.10 Å². The molecule has 1 amide bonds. The molecule has 1 aliphatic heterocycles. The van der Waals surface area contributed by atoms with Gasteiger partial charge in [-0.1, -0.05) is 20.3 Å². The lowest BCUT2D eigenvalue weighted by atomic mass is 10.0. The van der Waals surface area contributed by atoms with Gasteiger partial charge in [0.05, 0.1) is 17.9 Å². The molecule has 2 rings (SSSR count). The van der Waals surface area contributed by atoms with E-state index in [4.69, 9.17) is 0 Å². The van der Waals surface area contributed by atoms with E-state index in [9.17, 15) is 4.79 Å². The van der Waals surface area contributed by atoms with Crippen molar-refractivity contribution >= 4 is 5.91 Å². The molecule has 1 aliphatic rings. The van der Waals surface area contributed by atoms with E-state index < -0.39 is 0 Å². The second kappa shape index (κ2) is 4.68. The fraction of sp³-hybridized carbons (Fsp3) is 0.667. The van der Waals surface area contributed by atoms with Crippen molar-refractivity contribution in [1.29, 1.82) is 0 Å². The topological polar surface area (TPSA) is 49.0 Å². The zero-order valence-corrected chi connectivity index (χ0v) is 10.0. The zero-order chi connectivity index (χ0) is 11.5. The molecule has 16 heavy (non-hydrogen) atoms. The van der Waals surface area contributed by atoms with Crippen LogP contribution < -0.4 is 0 Å². The van der Waals surface area contributed by atoms with Gasteiger partial charge in [0.25, 0.3) is 0 Å². The van der Waals surface area contributed by atoms with Gasteiger partial charge in [-0.25, -0.2) is 0 Å². The standard InChI is InChI=1S/C12H19N3O/c1-3-5-10-9-6-7-15(12(16)4-2)8-11(9)14-13-10/h3-8H2,1-2H3,(H,13,14). The van der Waals surface area contributed by atoms with Crippen LogP contribution in [-0.4, -0.2) is 27.5 Å². The van der Waals surface area contributed by atoms with Gasteiger partial charge in [-0.05, 0) is 18.4 Å². The number of aromatic nitrogens is 2. The number of hydrogen-bond acceptors (Lipinski definition) is 2. The fourth-order valence-corrected chi connectivity index (χ4v) is 2.27. The van der Waals surface area contributed by atoms with Crippen LogP contribution in [0.15, 0.2) is 0 Å². The number of nitrogens with one attached hydrogen (secondary N) is 1. The van der Waals surface area contributed by atoms with E-state index in [0.717, 1.165) is 31.5 Å². The Morgan fingerprint density at radius 3 is 3.00 bits per heavy atom. The van der Waals surface area contributed by atoms with Crippen LogP contribution in [0.5, 0.6) is 0 Å². The maximum absolute atomic E-state index is 11.6. The van der Waals surface area contributed by atoms with Crippen molar-refractivity contribution in [2.75, 3.05) is 6.54 Å². The Morgan fingerprint density at radius 1 is 1.50 bits per heavy atom. The molecule has 2 heterocycles. The van der Waals surface area contributed by atoms with E-state index in [-0.39, 0.29) is 5.91 Å². The Morgan fingerprint density at radius 2 is 2.31 bits per heavy atom. The van der Waals surface area contributed by atoms with Gasteiger partial charge in [0.15, 0.2) is 0 Å². The SMILES string of the molecule is CCCc1n[nH]c2c1CCN(C(=O)CC)C2. The Bertz CT molecular complexity index is 384. The third kappa shape index (κ3) is 1.96. The number of hydrogen-bond donors (Lipinski definition) is 1. The van der Waals surface area contributed by atoms with E-state index >= 15 is 0 Å². The molecular weight excluding hydrogens is 202 g/mol. The molecule has 0 bridgehead atoms. The lowest BCUT2D eigenvalue weighted by Gasteiger charge is -2.26. The maximum atomic E-state index is 11.6. The number of aromatic amines is 1. The summed E-state index contributed by atoms with van der Waals surface area (Å²) < 4.78 is 0. The van der Waals surface area contributed by atoms with Crippen molar-refractivity contribution in [2.24, 2.45) is 0 Å². The first-order chi connectivity index (χ1) is 7.76. The number of carbonyl (C=O) groups is 1. The summed E-state index contributed by atoms with van der Waals surface area (Å²) in [5.41, 5.74) is 3.68. The minimum atomic E-state index is 0.234. The number of carbonyl (C=O) groups excluding carboxylic acids is 1. The first-order valence-corrected chi connectivity index (χ1v) is 6.09. The molecule has 0 atom stereocenters. The first kappa shape index (κ1) is 11.2. The summed E-state index contributed by atoms with van der Waals surface area (Å²) in [6, 6.07) is 0. The molecule has 0 unspecified atom stereocenters. The highest BCUT2D eigenvalue weighted by Gasteiger charge is 2.23. The molecule has 0 radical (unpaired) electrons. The second-order valence-electron chi connectivity index (χ2n) is 4.30. The van der Waals surface area contributed by atoms with Crippen LogP contribution in [0.3, 0.4) is 0 Å². The quantitative estimate of drug-likeness (QED) is 0.843. The van der Waals surface area contributed by atoms with E-state index in [1.807, 2.05) is 11.8 Å². The molecule has 1 N–H and O–H groups in total. The van der Waals surface area contributed by atoms with Crippen LogP contribution in [-0.2, 0) is 24.2 Å².